The van der Waals surface area contributed by atoms with E-state index in [4.69, 9.17) is 23.2 Å². The number of hydrogen-bond acceptors (Lipinski definition) is 0. The first kappa shape index (κ1) is 16.7. The standard InChI is InChI=1S/C15H10BrCl2F3/c16-14(10-6-12(17)8-13(18)7-10)5-9-1-3-11(4-2-9)15(19,20)21/h1-4,6-8,14H,5H2. The average molecular weight is 398 g/mol. The van der Waals surface area contributed by atoms with E-state index in [1.165, 1.54) is 12.1 Å². The van der Waals surface area contributed by atoms with Crippen molar-refractivity contribution in [2.75, 3.05) is 0 Å². The lowest BCUT2D eigenvalue weighted by Crippen LogP contribution is -2.05. The predicted molar refractivity (Wildman–Crippen MR) is 83.3 cm³/mol. The quantitative estimate of drug-likeness (QED) is 0.506. The van der Waals surface area contributed by atoms with E-state index in [-0.39, 0.29) is 4.83 Å². The summed E-state index contributed by atoms with van der Waals surface area (Å²) in [6, 6.07) is 10.3. The molecule has 0 bridgehead atoms. The van der Waals surface area contributed by atoms with Crippen LogP contribution in [0.2, 0.25) is 10.0 Å². The van der Waals surface area contributed by atoms with Crippen molar-refractivity contribution in [1.82, 2.24) is 0 Å². The Bertz CT molecular complexity index is 604. The SMILES string of the molecule is FC(F)(F)c1ccc(CC(Br)c2cc(Cl)cc(Cl)c2)cc1. The van der Waals surface area contributed by atoms with Gasteiger partial charge in [-0.1, -0.05) is 51.3 Å². The minimum atomic E-state index is -4.31. The van der Waals surface area contributed by atoms with Gasteiger partial charge in [0.25, 0.3) is 0 Å². The Labute approximate surface area is 139 Å². The van der Waals surface area contributed by atoms with Gasteiger partial charge in [-0.15, -0.1) is 0 Å². The Hall–Kier alpha value is -0.710. The van der Waals surface area contributed by atoms with Crippen molar-refractivity contribution in [1.29, 1.82) is 0 Å². The summed E-state index contributed by atoms with van der Waals surface area (Å²) in [4.78, 5) is -0.0783. The highest BCUT2D eigenvalue weighted by Crippen LogP contribution is 2.33. The smallest absolute Gasteiger partial charge is 0.166 e. The molecule has 0 saturated carbocycles. The molecule has 0 radical (unpaired) electrons. The molecule has 0 nitrogen and oxygen atoms in total. The highest BCUT2D eigenvalue weighted by atomic mass is 79.9. The number of halogens is 6. The molecule has 0 aliphatic rings. The number of alkyl halides is 4. The van der Waals surface area contributed by atoms with Gasteiger partial charge in [-0.25, -0.2) is 0 Å². The Balaban J connectivity index is 2.14. The van der Waals surface area contributed by atoms with Gasteiger partial charge in [0, 0.05) is 14.9 Å². The Morgan fingerprint density at radius 3 is 1.95 bits per heavy atom. The average Bonchev–Trinajstić information content (AvgIpc) is 2.37. The van der Waals surface area contributed by atoms with Crippen LogP contribution in [0.3, 0.4) is 0 Å². The van der Waals surface area contributed by atoms with Gasteiger partial charge in [0.05, 0.1) is 5.56 Å². The Morgan fingerprint density at radius 1 is 0.952 bits per heavy atom. The van der Waals surface area contributed by atoms with Crippen LogP contribution < -0.4 is 0 Å². The molecule has 1 atom stereocenters. The van der Waals surface area contributed by atoms with Gasteiger partial charge in [-0.05, 0) is 47.9 Å². The molecule has 0 aliphatic carbocycles. The lowest BCUT2D eigenvalue weighted by Gasteiger charge is -2.12. The van der Waals surface area contributed by atoms with E-state index in [1.807, 2.05) is 0 Å². The van der Waals surface area contributed by atoms with Crippen LogP contribution >= 0.6 is 39.1 Å². The number of rotatable bonds is 3. The summed E-state index contributed by atoms with van der Waals surface area (Å²) in [7, 11) is 0. The lowest BCUT2D eigenvalue weighted by atomic mass is 10.0. The van der Waals surface area contributed by atoms with E-state index >= 15 is 0 Å². The molecular weight excluding hydrogens is 388 g/mol. The topological polar surface area (TPSA) is 0 Å². The molecular formula is C15H10BrCl2F3. The molecule has 2 aromatic rings. The second kappa shape index (κ2) is 6.59. The fourth-order valence-corrected chi connectivity index (χ4v) is 3.09. The minimum Gasteiger partial charge on any atom is -0.166 e. The summed E-state index contributed by atoms with van der Waals surface area (Å²) in [6.07, 6.45) is -3.78. The van der Waals surface area contributed by atoms with Crippen molar-refractivity contribution in [3.63, 3.8) is 0 Å². The Morgan fingerprint density at radius 2 is 1.48 bits per heavy atom. The van der Waals surface area contributed by atoms with Gasteiger partial charge in [0.15, 0.2) is 0 Å². The molecule has 21 heavy (non-hydrogen) atoms. The van der Waals surface area contributed by atoms with Crippen molar-refractivity contribution in [2.24, 2.45) is 0 Å². The summed E-state index contributed by atoms with van der Waals surface area (Å²) in [5.41, 5.74) is 1.02. The maximum absolute atomic E-state index is 12.5. The van der Waals surface area contributed by atoms with Crippen molar-refractivity contribution in [3.05, 3.63) is 69.2 Å². The van der Waals surface area contributed by atoms with Crippen LogP contribution in [-0.2, 0) is 12.6 Å². The molecule has 0 heterocycles. The third-order valence-electron chi connectivity index (χ3n) is 2.94. The van der Waals surface area contributed by atoms with Crippen LogP contribution in [0.1, 0.15) is 21.5 Å². The monoisotopic (exact) mass is 396 g/mol. The van der Waals surface area contributed by atoms with Gasteiger partial charge >= 0.3 is 6.18 Å². The van der Waals surface area contributed by atoms with Crippen molar-refractivity contribution in [3.8, 4) is 0 Å². The van der Waals surface area contributed by atoms with E-state index < -0.39 is 11.7 Å². The largest absolute Gasteiger partial charge is 0.416 e. The zero-order chi connectivity index (χ0) is 15.6. The third kappa shape index (κ3) is 4.63. The normalized spacial score (nSPS) is 13.2. The summed E-state index contributed by atoms with van der Waals surface area (Å²) in [5.74, 6) is 0. The molecule has 0 aliphatic heterocycles. The molecule has 112 valence electrons. The first-order chi connectivity index (χ1) is 9.75. The first-order valence-electron chi connectivity index (χ1n) is 6.02. The molecule has 2 aromatic carbocycles. The van der Waals surface area contributed by atoms with E-state index in [0.29, 0.717) is 16.5 Å². The van der Waals surface area contributed by atoms with Gasteiger partial charge in [-0.3, -0.25) is 0 Å². The van der Waals surface area contributed by atoms with Crippen molar-refractivity contribution < 1.29 is 13.2 Å². The van der Waals surface area contributed by atoms with Crippen LogP contribution in [0.15, 0.2) is 42.5 Å². The van der Waals surface area contributed by atoms with Gasteiger partial charge < -0.3 is 0 Å². The van der Waals surface area contributed by atoms with E-state index in [1.54, 1.807) is 18.2 Å². The maximum atomic E-state index is 12.5. The molecule has 0 spiro atoms. The highest BCUT2D eigenvalue weighted by molar-refractivity contribution is 9.09. The molecule has 0 saturated heterocycles. The second-order valence-corrected chi connectivity index (χ2v) is 6.55. The van der Waals surface area contributed by atoms with E-state index in [2.05, 4.69) is 15.9 Å². The fourth-order valence-electron chi connectivity index (χ4n) is 1.91. The van der Waals surface area contributed by atoms with E-state index in [0.717, 1.165) is 23.3 Å². The predicted octanol–water partition coefficient (Wildman–Crippen LogP) is 6.69. The van der Waals surface area contributed by atoms with Crippen molar-refractivity contribution >= 4 is 39.1 Å². The lowest BCUT2D eigenvalue weighted by molar-refractivity contribution is -0.137. The summed E-state index contributed by atoms with van der Waals surface area (Å²) in [6.45, 7) is 0. The highest BCUT2D eigenvalue weighted by Gasteiger charge is 2.29. The number of hydrogen-bond donors (Lipinski definition) is 0. The summed E-state index contributed by atoms with van der Waals surface area (Å²) < 4.78 is 37.5. The van der Waals surface area contributed by atoms with Gasteiger partial charge in [0.2, 0.25) is 0 Å². The third-order valence-corrected chi connectivity index (χ3v) is 4.23. The Kier molecular flexibility index (Phi) is 5.23. The molecule has 0 N–H and O–H groups in total. The molecule has 6 heteroatoms. The summed E-state index contributed by atoms with van der Waals surface area (Å²) in [5, 5.41) is 1.05. The maximum Gasteiger partial charge on any atom is 0.416 e. The van der Waals surface area contributed by atoms with Crippen LogP contribution in [0.4, 0.5) is 13.2 Å². The van der Waals surface area contributed by atoms with Crippen molar-refractivity contribution in [2.45, 2.75) is 17.4 Å². The van der Waals surface area contributed by atoms with Gasteiger partial charge in [-0.2, -0.15) is 13.2 Å². The zero-order valence-electron chi connectivity index (χ0n) is 10.6. The van der Waals surface area contributed by atoms with Crippen LogP contribution in [0.5, 0.6) is 0 Å². The van der Waals surface area contributed by atoms with Crippen LogP contribution in [-0.4, -0.2) is 0 Å². The first-order valence-corrected chi connectivity index (χ1v) is 7.69. The van der Waals surface area contributed by atoms with Gasteiger partial charge in [0.1, 0.15) is 0 Å². The number of benzene rings is 2. The molecule has 0 fully saturated rings. The van der Waals surface area contributed by atoms with Crippen LogP contribution in [0.25, 0.3) is 0 Å². The molecule has 0 amide bonds. The molecule has 2 rings (SSSR count). The van der Waals surface area contributed by atoms with E-state index in [9.17, 15) is 13.2 Å². The molecule has 1 unspecified atom stereocenters. The fraction of sp³-hybridized carbons (Fsp3) is 0.200. The van der Waals surface area contributed by atoms with Crippen LogP contribution in [0, 0.1) is 0 Å². The zero-order valence-corrected chi connectivity index (χ0v) is 13.7. The molecule has 0 aromatic heterocycles. The summed E-state index contributed by atoms with van der Waals surface area (Å²) >= 11 is 15.4. The minimum absolute atomic E-state index is 0.0783. The second-order valence-electron chi connectivity index (χ2n) is 4.57.